The fourth-order valence-electron chi connectivity index (χ4n) is 2.69. The molecule has 1 unspecified atom stereocenters. The summed E-state index contributed by atoms with van der Waals surface area (Å²) in [4.78, 5) is 16.1. The molecule has 1 aromatic heterocycles. The Hall–Kier alpha value is -1.46. The average Bonchev–Trinajstić information content (AvgIpc) is 2.95. The molecule has 24 heavy (non-hydrogen) atoms. The molecule has 3 rings (SSSR count). The predicted octanol–water partition coefficient (Wildman–Crippen LogP) is 5.66. The van der Waals surface area contributed by atoms with Crippen molar-refractivity contribution in [2.24, 2.45) is 0 Å². The first-order chi connectivity index (χ1) is 11.5. The van der Waals surface area contributed by atoms with Gasteiger partial charge in [-0.05, 0) is 42.2 Å². The quantitative estimate of drug-likeness (QED) is 0.459. The number of Topliss-reactive ketones (excluding diaryl/α,β-unsaturated/α-hetero) is 1. The number of halogens is 2. The molecule has 0 aliphatic carbocycles. The molecule has 6 heteroatoms. The van der Waals surface area contributed by atoms with Gasteiger partial charge in [0.15, 0.2) is 5.44 Å². The fourth-order valence-corrected chi connectivity index (χ4v) is 3.52. The average molecular weight is 380 g/mol. The van der Waals surface area contributed by atoms with Crippen molar-refractivity contribution in [3.05, 3.63) is 58.2 Å². The molecule has 1 heterocycles. The highest BCUT2D eigenvalue weighted by Crippen LogP contribution is 2.36. The lowest BCUT2D eigenvalue weighted by Crippen LogP contribution is -2.20. The lowest BCUT2D eigenvalue weighted by molar-refractivity contribution is 0.0791. The molecular weight excluding hydrogens is 365 g/mol. The van der Waals surface area contributed by atoms with Crippen molar-refractivity contribution in [3.63, 3.8) is 0 Å². The number of aromatic amines is 1. The van der Waals surface area contributed by atoms with Crippen LogP contribution in [0.3, 0.4) is 0 Å². The largest absolute Gasteiger partial charge is 0.362 e. The second-order valence-electron chi connectivity index (χ2n) is 5.24. The lowest BCUT2D eigenvalue weighted by Gasteiger charge is -2.12. The minimum atomic E-state index is -0.570. The molecule has 0 aliphatic rings. The van der Waals surface area contributed by atoms with Crippen molar-refractivity contribution in [1.29, 1.82) is 0 Å². The SMILES string of the molecule is COC(SC)C(=O)c1[nH]c2ccc(Cl)cc2c1-c1ccc(Cl)cc1. The number of benzene rings is 2. The monoisotopic (exact) mass is 379 g/mol. The van der Waals surface area contributed by atoms with Gasteiger partial charge in [0.2, 0.25) is 5.78 Å². The summed E-state index contributed by atoms with van der Waals surface area (Å²) in [6.45, 7) is 0. The van der Waals surface area contributed by atoms with Gasteiger partial charge in [0.25, 0.3) is 0 Å². The van der Waals surface area contributed by atoms with Gasteiger partial charge < -0.3 is 9.72 Å². The highest BCUT2D eigenvalue weighted by atomic mass is 35.5. The molecule has 124 valence electrons. The Kier molecular flexibility index (Phi) is 5.21. The van der Waals surface area contributed by atoms with E-state index in [0.29, 0.717) is 15.7 Å². The van der Waals surface area contributed by atoms with Crippen molar-refractivity contribution in [1.82, 2.24) is 4.98 Å². The molecule has 0 radical (unpaired) electrons. The number of carbonyl (C=O) groups is 1. The van der Waals surface area contributed by atoms with E-state index in [2.05, 4.69) is 4.98 Å². The van der Waals surface area contributed by atoms with Gasteiger partial charge in [0.1, 0.15) is 0 Å². The van der Waals surface area contributed by atoms with Crippen molar-refractivity contribution in [2.45, 2.75) is 5.44 Å². The molecule has 0 bridgehead atoms. The normalized spacial score (nSPS) is 12.5. The van der Waals surface area contributed by atoms with Crippen LogP contribution in [0.15, 0.2) is 42.5 Å². The summed E-state index contributed by atoms with van der Waals surface area (Å²) in [6, 6.07) is 12.9. The highest BCUT2D eigenvalue weighted by molar-refractivity contribution is 7.99. The summed E-state index contributed by atoms with van der Waals surface area (Å²) in [6.07, 6.45) is 1.84. The number of fused-ring (bicyclic) bond motifs is 1. The fraction of sp³-hybridized carbons (Fsp3) is 0.167. The molecule has 0 spiro atoms. The molecule has 0 fully saturated rings. The Morgan fingerprint density at radius 3 is 2.42 bits per heavy atom. The molecule has 3 aromatic rings. The van der Waals surface area contributed by atoms with Crippen LogP contribution in [0.2, 0.25) is 10.0 Å². The minimum Gasteiger partial charge on any atom is -0.362 e. The number of hydrogen-bond acceptors (Lipinski definition) is 3. The predicted molar refractivity (Wildman–Crippen MR) is 102 cm³/mol. The van der Waals surface area contributed by atoms with Crippen LogP contribution in [0.5, 0.6) is 0 Å². The number of ether oxygens (including phenoxy) is 1. The van der Waals surface area contributed by atoms with Crippen molar-refractivity contribution in [2.75, 3.05) is 13.4 Å². The van der Waals surface area contributed by atoms with Crippen LogP contribution in [0.1, 0.15) is 10.5 Å². The van der Waals surface area contributed by atoms with Gasteiger partial charge >= 0.3 is 0 Å². The van der Waals surface area contributed by atoms with Crippen LogP contribution in [0.25, 0.3) is 22.0 Å². The maximum atomic E-state index is 12.9. The Morgan fingerprint density at radius 2 is 1.79 bits per heavy atom. The number of carbonyl (C=O) groups excluding carboxylic acids is 1. The van der Waals surface area contributed by atoms with E-state index in [1.165, 1.54) is 18.9 Å². The maximum Gasteiger partial charge on any atom is 0.218 e. The van der Waals surface area contributed by atoms with E-state index in [4.69, 9.17) is 27.9 Å². The molecule has 1 N–H and O–H groups in total. The van der Waals surface area contributed by atoms with Gasteiger partial charge in [-0.3, -0.25) is 4.79 Å². The third kappa shape index (κ3) is 3.20. The molecular formula is C18H15Cl2NO2S. The number of rotatable bonds is 5. The van der Waals surface area contributed by atoms with E-state index in [0.717, 1.165) is 22.0 Å². The summed E-state index contributed by atoms with van der Waals surface area (Å²) in [7, 11) is 1.53. The summed E-state index contributed by atoms with van der Waals surface area (Å²) in [5.74, 6) is -0.109. The van der Waals surface area contributed by atoms with E-state index < -0.39 is 5.44 Å². The summed E-state index contributed by atoms with van der Waals surface area (Å²) < 4.78 is 5.29. The summed E-state index contributed by atoms with van der Waals surface area (Å²) in [5.41, 5.74) is 2.50. The number of H-pyrrole nitrogens is 1. The zero-order valence-corrected chi connectivity index (χ0v) is 15.4. The molecule has 0 saturated carbocycles. The Labute approximate surface area is 154 Å². The minimum absolute atomic E-state index is 0.109. The van der Waals surface area contributed by atoms with Crippen LogP contribution >= 0.6 is 35.0 Å². The van der Waals surface area contributed by atoms with Crippen LogP contribution in [0.4, 0.5) is 0 Å². The first kappa shape index (κ1) is 17.4. The molecule has 2 aromatic carbocycles. The molecule has 0 saturated heterocycles. The zero-order valence-electron chi connectivity index (χ0n) is 13.1. The van der Waals surface area contributed by atoms with Gasteiger partial charge in [0, 0.05) is 33.6 Å². The van der Waals surface area contributed by atoms with Crippen LogP contribution in [-0.2, 0) is 4.74 Å². The number of nitrogens with one attached hydrogen (secondary N) is 1. The number of methoxy groups -OCH3 is 1. The van der Waals surface area contributed by atoms with E-state index in [-0.39, 0.29) is 5.78 Å². The number of thioether (sulfide) groups is 1. The molecule has 0 amide bonds. The number of ketones is 1. The van der Waals surface area contributed by atoms with Crippen molar-refractivity contribution < 1.29 is 9.53 Å². The van der Waals surface area contributed by atoms with Gasteiger partial charge in [-0.2, -0.15) is 0 Å². The van der Waals surface area contributed by atoms with E-state index in [9.17, 15) is 4.79 Å². The van der Waals surface area contributed by atoms with Gasteiger partial charge in [0.05, 0.1) is 5.69 Å². The van der Waals surface area contributed by atoms with Crippen LogP contribution in [-0.4, -0.2) is 29.6 Å². The number of aromatic nitrogens is 1. The highest BCUT2D eigenvalue weighted by Gasteiger charge is 2.25. The first-order valence-electron chi connectivity index (χ1n) is 7.22. The first-order valence-corrected chi connectivity index (χ1v) is 9.26. The topological polar surface area (TPSA) is 42.1 Å². The molecule has 1 atom stereocenters. The Balaban J connectivity index is 2.26. The van der Waals surface area contributed by atoms with Gasteiger partial charge in [-0.1, -0.05) is 35.3 Å². The van der Waals surface area contributed by atoms with Crippen LogP contribution < -0.4 is 0 Å². The Bertz CT molecular complexity index is 886. The third-order valence-electron chi connectivity index (χ3n) is 3.78. The van der Waals surface area contributed by atoms with Crippen molar-refractivity contribution >= 4 is 51.6 Å². The van der Waals surface area contributed by atoms with E-state index >= 15 is 0 Å². The smallest absolute Gasteiger partial charge is 0.218 e. The summed E-state index contributed by atoms with van der Waals surface area (Å²) >= 11 is 13.5. The van der Waals surface area contributed by atoms with E-state index in [1.54, 1.807) is 18.2 Å². The molecule has 0 aliphatic heterocycles. The van der Waals surface area contributed by atoms with Crippen LogP contribution in [0, 0.1) is 0 Å². The van der Waals surface area contributed by atoms with E-state index in [1.807, 2.05) is 30.5 Å². The lowest BCUT2D eigenvalue weighted by atomic mass is 10.0. The maximum absolute atomic E-state index is 12.9. The second-order valence-corrected chi connectivity index (χ2v) is 7.01. The van der Waals surface area contributed by atoms with Gasteiger partial charge in [-0.25, -0.2) is 0 Å². The summed E-state index contributed by atoms with van der Waals surface area (Å²) in [5, 5.41) is 2.15. The number of hydrogen-bond donors (Lipinski definition) is 1. The van der Waals surface area contributed by atoms with Crippen molar-refractivity contribution in [3.8, 4) is 11.1 Å². The standard InChI is InChI=1S/C18H15Cl2NO2S/c1-23-18(24-2)17(22)16-15(10-3-5-11(19)6-4-10)13-9-12(20)7-8-14(13)21-16/h3-9,18,21H,1-2H3. The molecule has 3 nitrogen and oxygen atoms in total. The Morgan fingerprint density at radius 1 is 1.12 bits per heavy atom. The van der Waals surface area contributed by atoms with Gasteiger partial charge in [-0.15, -0.1) is 11.8 Å². The zero-order chi connectivity index (χ0) is 17.3. The third-order valence-corrected chi connectivity index (χ3v) is 5.10. The second kappa shape index (κ2) is 7.19.